The third-order valence-electron chi connectivity index (χ3n) is 1.12. The van der Waals surface area contributed by atoms with E-state index >= 15 is 0 Å². The maximum absolute atomic E-state index is 12.1. The largest absolute Gasteiger partial charge is 0.434 e. The van der Waals surface area contributed by atoms with Gasteiger partial charge in [-0.3, -0.25) is 0 Å². The molecule has 0 fully saturated rings. The van der Waals surface area contributed by atoms with Crippen molar-refractivity contribution in [1.82, 2.24) is 0 Å². The summed E-state index contributed by atoms with van der Waals surface area (Å²) in [4.78, 5) is 0. The van der Waals surface area contributed by atoms with Crippen molar-refractivity contribution in [3.8, 4) is 0 Å². The van der Waals surface area contributed by atoms with Crippen LogP contribution >= 0.6 is 12.6 Å². The molecule has 0 radical (unpaired) electrons. The van der Waals surface area contributed by atoms with E-state index in [1.54, 1.807) is 0 Å². The molecule has 0 aromatic carbocycles. The van der Waals surface area contributed by atoms with E-state index < -0.39 is 30.3 Å². The summed E-state index contributed by atoms with van der Waals surface area (Å²) in [5, 5.41) is -5.30. The fourth-order valence-corrected chi connectivity index (χ4v) is 0.358. The Balaban J connectivity index is 4.89. The van der Waals surface area contributed by atoms with Gasteiger partial charge in [-0.1, -0.05) is 12.6 Å². The average Bonchev–Trinajstić information content (AvgIpc) is 1.77. The summed E-state index contributed by atoms with van der Waals surface area (Å²) in [5.41, 5.74) is 0. The normalized spacial score (nSPS) is 15.6. The molecule has 0 unspecified atom stereocenters. The Morgan fingerprint density at radius 1 is 0.800 bits per heavy atom. The minimum absolute atomic E-state index is 0.459. The first-order chi connectivity index (χ1) is 6.21. The maximum atomic E-state index is 12.1. The fourth-order valence-electron chi connectivity index (χ4n) is 0.312. The van der Waals surface area contributed by atoms with Crippen molar-refractivity contribution in [1.29, 1.82) is 0 Å². The van der Waals surface area contributed by atoms with Crippen LogP contribution in [0.1, 0.15) is 6.92 Å². The summed E-state index contributed by atoms with van der Waals surface area (Å²) in [5.74, 6) is -5.03. The van der Waals surface area contributed by atoms with Crippen molar-refractivity contribution in [3.63, 3.8) is 0 Å². The van der Waals surface area contributed by atoms with Gasteiger partial charge >= 0.3 is 23.4 Å². The Morgan fingerprint density at radius 2 is 1.13 bits per heavy atom. The standard InChI is InChI=1S/C5H4F8OS/c1-2(6,7)3(8,9)14-4(10,11)5(12,13)15/h15H,1H3. The zero-order chi connectivity index (χ0) is 12.7. The van der Waals surface area contributed by atoms with Crippen molar-refractivity contribution in [2.24, 2.45) is 0 Å². The van der Waals surface area contributed by atoms with E-state index in [0.29, 0.717) is 0 Å². The first kappa shape index (κ1) is 14.8. The SMILES string of the molecule is CC(F)(F)C(F)(F)OC(F)(F)C(F)(F)S. The Kier molecular flexibility index (Phi) is 3.59. The monoisotopic (exact) mass is 264 g/mol. The Morgan fingerprint density at radius 3 is 1.33 bits per heavy atom. The van der Waals surface area contributed by atoms with Crippen LogP contribution in [0.2, 0.25) is 0 Å². The van der Waals surface area contributed by atoms with Gasteiger partial charge in [0.1, 0.15) is 0 Å². The predicted octanol–water partition coefficient (Wildman–Crippen LogP) is 3.37. The van der Waals surface area contributed by atoms with E-state index in [4.69, 9.17) is 0 Å². The van der Waals surface area contributed by atoms with Crippen LogP contribution in [-0.4, -0.2) is 23.4 Å². The Labute approximate surface area is 83.8 Å². The first-order valence-electron chi connectivity index (χ1n) is 3.14. The summed E-state index contributed by atoms with van der Waals surface area (Å²) in [6, 6.07) is 0. The van der Waals surface area contributed by atoms with Gasteiger partial charge < -0.3 is 0 Å². The highest BCUT2D eigenvalue weighted by atomic mass is 32.1. The third-order valence-corrected chi connectivity index (χ3v) is 1.38. The molecule has 0 aromatic heterocycles. The molecule has 0 aliphatic heterocycles. The molecule has 0 aliphatic rings. The molecular formula is C5H4F8OS. The van der Waals surface area contributed by atoms with Crippen LogP contribution in [0.3, 0.4) is 0 Å². The van der Waals surface area contributed by atoms with Crippen LogP contribution in [0.5, 0.6) is 0 Å². The number of alkyl halides is 8. The Hall–Kier alpha value is -0.250. The van der Waals surface area contributed by atoms with E-state index in [9.17, 15) is 35.1 Å². The van der Waals surface area contributed by atoms with Crippen molar-refractivity contribution in [2.45, 2.75) is 30.3 Å². The quantitative estimate of drug-likeness (QED) is 0.605. The van der Waals surface area contributed by atoms with Crippen LogP contribution in [0.4, 0.5) is 35.1 Å². The summed E-state index contributed by atoms with van der Waals surface area (Å²) in [7, 11) is 0. The molecule has 0 aromatic rings. The summed E-state index contributed by atoms with van der Waals surface area (Å²) in [6.07, 6.45) is -11.6. The smallest absolute Gasteiger partial charge is 0.245 e. The predicted molar refractivity (Wildman–Crippen MR) is 35.5 cm³/mol. The number of ether oxygens (including phenoxy) is 1. The molecule has 0 spiro atoms. The zero-order valence-electron chi connectivity index (χ0n) is 6.88. The van der Waals surface area contributed by atoms with Crippen LogP contribution in [0.25, 0.3) is 0 Å². The lowest BCUT2D eigenvalue weighted by atomic mass is 10.3. The molecule has 1 nitrogen and oxygen atoms in total. The van der Waals surface area contributed by atoms with Gasteiger partial charge in [0.25, 0.3) is 0 Å². The molecule has 0 aliphatic carbocycles. The van der Waals surface area contributed by atoms with Gasteiger partial charge in [-0.05, 0) is 0 Å². The third kappa shape index (κ3) is 3.37. The van der Waals surface area contributed by atoms with Gasteiger partial charge in [0.2, 0.25) is 0 Å². The van der Waals surface area contributed by atoms with Crippen LogP contribution in [0.15, 0.2) is 0 Å². The lowest BCUT2D eigenvalue weighted by molar-refractivity contribution is -0.451. The van der Waals surface area contributed by atoms with Gasteiger partial charge in [0.05, 0.1) is 0 Å². The van der Waals surface area contributed by atoms with Gasteiger partial charge in [0, 0.05) is 6.92 Å². The maximum Gasteiger partial charge on any atom is 0.434 e. The zero-order valence-corrected chi connectivity index (χ0v) is 7.77. The highest BCUT2D eigenvalue weighted by Gasteiger charge is 2.66. The molecule has 10 heteroatoms. The van der Waals surface area contributed by atoms with Crippen LogP contribution in [0, 0.1) is 0 Å². The molecule has 0 bridgehead atoms. The van der Waals surface area contributed by atoms with E-state index in [1.165, 1.54) is 0 Å². The van der Waals surface area contributed by atoms with Crippen LogP contribution in [-0.2, 0) is 4.74 Å². The highest BCUT2D eigenvalue weighted by Crippen LogP contribution is 2.45. The minimum Gasteiger partial charge on any atom is -0.245 e. The number of rotatable bonds is 4. The van der Waals surface area contributed by atoms with E-state index in [-0.39, 0.29) is 0 Å². The molecule has 0 rings (SSSR count). The van der Waals surface area contributed by atoms with Crippen molar-refractivity contribution in [2.75, 3.05) is 0 Å². The van der Waals surface area contributed by atoms with Gasteiger partial charge in [0.15, 0.2) is 0 Å². The lowest BCUT2D eigenvalue weighted by Crippen LogP contribution is -2.50. The summed E-state index contributed by atoms with van der Waals surface area (Å²) < 4.78 is 98.1. The average molecular weight is 264 g/mol. The molecule has 92 valence electrons. The second-order valence-electron chi connectivity index (χ2n) is 2.57. The molecule has 0 atom stereocenters. The molecule has 15 heavy (non-hydrogen) atoms. The first-order valence-corrected chi connectivity index (χ1v) is 3.59. The van der Waals surface area contributed by atoms with Crippen LogP contribution < -0.4 is 0 Å². The number of hydrogen-bond acceptors (Lipinski definition) is 2. The Bertz CT molecular complexity index is 204. The van der Waals surface area contributed by atoms with E-state index in [2.05, 4.69) is 4.74 Å². The molecule has 0 N–H and O–H groups in total. The van der Waals surface area contributed by atoms with Crippen molar-refractivity contribution >= 4 is 12.6 Å². The van der Waals surface area contributed by atoms with Crippen molar-refractivity contribution in [3.05, 3.63) is 0 Å². The van der Waals surface area contributed by atoms with E-state index in [0.717, 1.165) is 0 Å². The molecular weight excluding hydrogens is 260 g/mol. The lowest BCUT2D eigenvalue weighted by Gasteiger charge is -2.29. The van der Waals surface area contributed by atoms with Gasteiger partial charge in [-0.25, -0.2) is 4.74 Å². The molecule has 0 saturated heterocycles. The molecule has 0 amide bonds. The molecule has 0 saturated carbocycles. The highest BCUT2D eigenvalue weighted by molar-refractivity contribution is 7.81. The second-order valence-corrected chi connectivity index (χ2v) is 3.13. The van der Waals surface area contributed by atoms with Crippen molar-refractivity contribution < 1.29 is 39.9 Å². The second kappa shape index (κ2) is 3.65. The number of thiol groups is 1. The van der Waals surface area contributed by atoms with Gasteiger partial charge in [-0.2, -0.15) is 35.1 Å². The van der Waals surface area contributed by atoms with Gasteiger partial charge in [-0.15, -0.1) is 0 Å². The topological polar surface area (TPSA) is 9.23 Å². The number of hydrogen-bond donors (Lipinski definition) is 1. The summed E-state index contributed by atoms with van der Waals surface area (Å²) in [6.45, 7) is -0.459. The number of halogens is 8. The minimum atomic E-state index is -5.82. The van der Waals surface area contributed by atoms with E-state index in [1.807, 2.05) is 12.6 Å². The molecule has 0 heterocycles. The fraction of sp³-hybridized carbons (Fsp3) is 1.00. The summed E-state index contributed by atoms with van der Waals surface area (Å²) >= 11 is 1.96.